The van der Waals surface area contributed by atoms with E-state index in [9.17, 15) is 0 Å². The van der Waals surface area contributed by atoms with Crippen LogP contribution in [0.1, 0.15) is 18.5 Å². The highest BCUT2D eigenvalue weighted by atomic mass is 15.1. The minimum Gasteiger partial charge on any atom is -0.299 e. The summed E-state index contributed by atoms with van der Waals surface area (Å²) in [6.07, 6.45) is 6.85. The van der Waals surface area contributed by atoms with Gasteiger partial charge in [0.25, 0.3) is 0 Å². The minimum absolute atomic E-state index is 0.831. The molecule has 0 radical (unpaired) electrons. The van der Waals surface area contributed by atoms with Crippen molar-refractivity contribution in [1.29, 1.82) is 0 Å². The average molecular weight is 200 g/mol. The van der Waals surface area contributed by atoms with Crippen LogP contribution in [-0.4, -0.2) is 29.5 Å². The molecule has 0 aliphatic carbocycles. The normalized spacial score (nSPS) is 32.1. The van der Waals surface area contributed by atoms with Gasteiger partial charge in [-0.05, 0) is 50.1 Å². The molecule has 15 heavy (non-hydrogen) atoms. The number of pyridine rings is 1. The van der Waals surface area contributed by atoms with Crippen molar-refractivity contribution in [3.63, 3.8) is 0 Å². The first-order chi connectivity index (χ1) is 7.42. The van der Waals surface area contributed by atoms with E-state index in [2.05, 4.69) is 28.1 Å². The zero-order valence-electron chi connectivity index (χ0n) is 8.89. The van der Waals surface area contributed by atoms with Crippen molar-refractivity contribution < 1.29 is 0 Å². The number of aromatic nitrogens is 1. The Bertz CT molecular complexity index is 361. The van der Waals surface area contributed by atoms with Crippen molar-refractivity contribution in [2.45, 2.75) is 12.8 Å². The third kappa shape index (κ3) is 1.82. The lowest BCUT2D eigenvalue weighted by Gasteiger charge is -2.41. The van der Waals surface area contributed by atoms with Gasteiger partial charge < -0.3 is 0 Å². The molecule has 3 aliphatic rings. The highest BCUT2D eigenvalue weighted by Gasteiger charge is 2.29. The molecule has 2 heteroatoms. The smallest absolute Gasteiger partial charge is 0.0629 e. The molecule has 4 heterocycles. The third-order valence-electron chi connectivity index (χ3n) is 3.54. The van der Waals surface area contributed by atoms with Crippen molar-refractivity contribution in [3.8, 4) is 0 Å². The van der Waals surface area contributed by atoms with Gasteiger partial charge in [0.1, 0.15) is 0 Å². The van der Waals surface area contributed by atoms with Gasteiger partial charge in [-0.15, -0.1) is 0 Å². The zero-order valence-corrected chi connectivity index (χ0v) is 8.89. The second kappa shape index (κ2) is 3.78. The third-order valence-corrected chi connectivity index (χ3v) is 3.54. The summed E-state index contributed by atoms with van der Waals surface area (Å²) in [5.74, 6) is 0.831. The molecule has 1 aromatic heterocycles. The summed E-state index contributed by atoms with van der Waals surface area (Å²) in [5, 5.41) is 0. The molecule has 3 fully saturated rings. The lowest BCUT2D eigenvalue weighted by atomic mass is 9.83. The molecule has 0 amide bonds. The molecular formula is C13H16N2. The van der Waals surface area contributed by atoms with E-state index >= 15 is 0 Å². The summed E-state index contributed by atoms with van der Waals surface area (Å²) in [7, 11) is 0. The van der Waals surface area contributed by atoms with Gasteiger partial charge in [-0.3, -0.25) is 9.88 Å². The van der Waals surface area contributed by atoms with Crippen molar-refractivity contribution in [3.05, 3.63) is 35.7 Å². The molecular weight excluding hydrogens is 184 g/mol. The van der Waals surface area contributed by atoms with Gasteiger partial charge in [0.2, 0.25) is 0 Å². The van der Waals surface area contributed by atoms with Gasteiger partial charge in [0, 0.05) is 12.7 Å². The van der Waals surface area contributed by atoms with Gasteiger partial charge in [-0.2, -0.15) is 0 Å². The van der Waals surface area contributed by atoms with E-state index in [1.807, 2.05) is 12.3 Å². The molecule has 0 atom stereocenters. The molecule has 1 aromatic rings. The molecule has 3 saturated heterocycles. The Morgan fingerprint density at radius 3 is 2.73 bits per heavy atom. The maximum atomic E-state index is 4.36. The fourth-order valence-corrected chi connectivity index (χ4v) is 2.66. The fraction of sp³-hybridized carbons (Fsp3) is 0.462. The standard InChI is InChI=1S/C13H16N2/c1-2-6-14-13(3-1)9-12-10-15-7-4-11(12)5-8-15/h1-3,6,9,11H,4-5,7-8,10H2/b12-9-. The molecule has 4 rings (SSSR count). The van der Waals surface area contributed by atoms with Crippen LogP contribution in [0.3, 0.4) is 0 Å². The number of hydrogen-bond acceptors (Lipinski definition) is 2. The summed E-state index contributed by atoms with van der Waals surface area (Å²) in [6, 6.07) is 6.11. The molecule has 0 spiro atoms. The predicted octanol–water partition coefficient (Wildman–Crippen LogP) is 2.19. The Morgan fingerprint density at radius 2 is 2.13 bits per heavy atom. The molecule has 0 aromatic carbocycles. The maximum Gasteiger partial charge on any atom is 0.0629 e. The Morgan fingerprint density at radius 1 is 1.27 bits per heavy atom. The van der Waals surface area contributed by atoms with Crippen LogP contribution in [0.2, 0.25) is 0 Å². The molecule has 2 nitrogen and oxygen atoms in total. The van der Waals surface area contributed by atoms with Gasteiger partial charge in [-0.25, -0.2) is 0 Å². The average Bonchev–Trinajstić information content (AvgIpc) is 2.32. The molecule has 78 valence electrons. The largest absolute Gasteiger partial charge is 0.299 e. The maximum absolute atomic E-state index is 4.36. The number of fused-ring (bicyclic) bond motifs is 3. The number of rotatable bonds is 1. The van der Waals surface area contributed by atoms with Crippen LogP contribution < -0.4 is 0 Å². The van der Waals surface area contributed by atoms with Gasteiger partial charge in [-0.1, -0.05) is 11.6 Å². The lowest BCUT2D eigenvalue weighted by molar-refractivity contribution is 0.163. The Labute approximate surface area is 90.6 Å². The van der Waals surface area contributed by atoms with E-state index in [0.29, 0.717) is 0 Å². The SMILES string of the molecule is C(=C1\CN2CCC1CC2)/c1ccccn1. The Balaban J connectivity index is 1.85. The second-order valence-corrected chi connectivity index (χ2v) is 4.52. The first-order valence-corrected chi connectivity index (χ1v) is 5.76. The van der Waals surface area contributed by atoms with Gasteiger partial charge in [0.05, 0.1) is 5.69 Å². The lowest BCUT2D eigenvalue weighted by Crippen LogP contribution is -2.42. The summed E-state index contributed by atoms with van der Waals surface area (Å²) in [6.45, 7) is 3.76. The van der Waals surface area contributed by atoms with E-state index in [-0.39, 0.29) is 0 Å². The van der Waals surface area contributed by atoms with Gasteiger partial charge >= 0.3 is 0 Å². The fourth-order valence-electron chi connectivity index (χ4n) is 2.66. The summed E-state index contributed by atoms with van der Waals surface area (Å²) >= 11 is 0. The highest BCUT2D eigenvalue weighted by molar-refractivity contribution is 5.50. The van der Waals surface area contributed by atoms with Crippen LogP contribution in [0.4, 0.5) is 0 Å². The van der Waals surface area contributed by atoms with E-state index in [4.69, 9.17) is 0 Å². The quantitative estimate of drug-likeness (QED) is 0.691. The van der Waals surface area contributed by atoms with Crippen LogP contribution in [0.25, 0.3) is 6.08 Å². The van der Waals surface area contributed by atoms with Crippen molar-refractivity contribution in [2.75, 3.05) is 19.6 Å². The molecule has 0 saturated carbocycles. The second-order valence-electron chi connectivity index (χ2n) is 4.52. The predicted molar refractivity (Wildman–Crippen MR) is 61.4 cm³/mol. The molecule has 0 unspecified atom stereocenters. The number of nitrogens with zero attached hydrogens (tertiary/aromatic N) is 2. The Hall–Kier alpha value is -1.15. The van der Waals surface area contributed by atoms with E-state index in [1.165, 1.54) is 32.5 Å². The number of piperidine rings is 3. The van der Waals surface area contributed by atoms with Crippen LogP contribution >= 0.6 is 0 Å². The van der Waals surface area contributed by atoms with Crippen LogP contribution in [0.15, 0.2) is 30.0 Å². The van der Waals surface area contributed by atoms with Crippen molar-refractivity contribution in [2.24, 2.45) is 5.92 Å². The monoisotopic (exact) mass is 200 g/mol. The Kier molecular flexibility index (Phi) is 2.29. The van der Waals surface area contributed by atoms with E-state index in [1.54, 1.807) is 5.57 Å². The van der Waals surface area contributed by atoms with Crippen LogP contribution in [0, 0.1) is 5.92 Å². The van der Waals surface area contributed by atoms with Crippen LogP contribution in [0.5, 0.6) is 0 Å². The van der Waals surface area contributed by atoms with Gasteiger partial charge in [0.15, 0.2) is 0 Å². The summed E-state index contributed by atoms with van der Waals surface area (Å²) in [4.78, 5) is 6.91. The number of hydrogen-bond donors (Lipinski definition) is 0. The minimum atomic E-state index is 0.831. The molecule has 0 N–H and O–H groups in total. The summed E-state index contributed by atoms with van der Waals surface area (Å²) in [5.41, 5.74) is 2.70. The van der Waals surface area contributed by atoms with Crippen molar-refractivity contribution in [1.82, 2.24) is 9.88 Å². The van der Waals surface area contributed by atoms with E-state index in [0.717, 1.165) is 11.6 Å². The van der Waals surface area contributed by atoms with Crippen molar-refractivity contribution >= 4 is 6.08 Å². The first-order valence-electron chi connectivity index (χ1n) is 5.76. The van der Waals surface area contributed by atoms with Crippen LogP contribution in [-0.2, 0) is 0 Å². The zero-order chi connectivity index (χ0) is 10.1. The molecule has 3 aliphatic heterocycles. The first kappa shape index (κ1) is 9.10. The molecule has 2 bridgehead atoms. The van der Waals surface area contributed by atoms with E-state index < -0.39 is 0 Å². The summed E-state index contributed by atoms with van der Waals surface area (Å²) < 4.78 is 0. The topological polar surface area (TPSA) is 16.1 Å². The highest BCUT2D eigenvalue weighted by Crippen LogP contribution is 2.32.